The van der Waals surface area contributed by atoms with Gasteiger partial charge in [0.1, 0.15) is 0 Å². The number of hydrogen-bond acceptors (Lipinski definition) is 3. The van der Waals surface area contributed by atoms with Crippen molar-refractivity contribution < 1.29 is 0 Å². The van der Waals surface area contributed by atoms with Crippen molar-refractivity contribution in [1.82, 2.24) is 4.98 Å². The Labute approximate surface area is 53.0 Å². The number of nitrogens with zero attached hydrogens (tertiary/aromatic N) is 2. The second kappa shape index (κ2) is 2.68. The van der Waals surface area contributed by atoms with Crippen molar-refractivity contribution in [3.05, 3.63) is 24.5 Å². The third-order valence-electron chi connectivity index (χ3n) is 0.862. The molecule has 0 saturated carbocycles. The third kappa shape index (κ3) is 1.42. The lowest BCUT2D eigenvalue weighted by Gasteiger charge is -1.90. The lowest BCUT2D eigenvalue weighted by Crippen LogP contribution is -1.85. The molecule has 0 atom stereocenters. The Bertz CT molecular complexity index is 211. The van der Waals surface area contributed by atoms with E-state index in [0.717, 1.165) is 5.69 Å². The van der Waals surface area contributed by atoms with Crippen LogP contribution in [0.5, 0.6) is 0 Å². The molecule has 0 aliphatic rings. The van der Waals surface area contributed by atoms with Crippen LogP contribution in [0.15, 0.2) is 24.5 Å². The maximum atomic E-state index is 8.13. The van der Waals surface area contributed by atoms with Crippen LogP contribution in [0.3, 0.4) is 0 Å². The maximum absolute atomic E-state index is 8.13. The third-order valence-corrected chi connectivity index (χ3v) is 0.862. The first kappa shape index (κ1) is 5.57. The van der Waals surface area contributed by atoms with E-state index >= 15 is 0 Å². The van der Waals surface area contributed by atoms with Crippen molar-refractivity contribution in [3.63, 3.8) is 0 Å². The summed E-state index contributed by atoms with van der Waals surface area (Å²) in [5.41, 5.74) is 0.722. The fourth-order valence-corrected chi connectivity index (χ4v) is 0.501. The van der Waals surface area contributed by atoms with Crippen molar-refractivity contribution in [3.8, 4) is 6.19 Å². The molecule has 0 aliphatic carbocycles. The van der Waals surface area contributed by atoms with Crippen LogP contribution in [0.4, 0.5) is 5.69 Å². The van der Waals surface area contributed by atoms with E-state index in [1.54, 1.807) is 30.7 Å². The number of aromatic nitrogens is 1. The van der Waals surface area contributed by atoms with E-state index in [-0.39, 0.29) is 0 Å². The van der Waals surface area contributed by atoms with Crippen molar-refractivity contribution >= 4 is 5.69 Å². The number of pyridine rings is 1. The topological polar surface area (TPSA) is 48.7 Å². The molecule has 0 fully saturated rings. The molecule has 0 bridgehead atoms. The molecule has 9 heavy (non-hydrogen) atoms. The Morgan fingerprint density at radius 2 is 2.56 bits per heavy atom. The second-order valence-electron chi connectivity index (χ2n) is 1.48. The summed E-state index contributed by atoms with van der Waals surface area (Å²) in [5, 5.41) is 10.6. The number of rotatable bonds is 1. The van der Waals surface area contributed by atoms with Crippen LogP contribution in [-0.2, 0) is 0 Å². The number of nitrogens with one attached hydrogen (secondary N) is 1. The first-order chi connectivity index (χ1) is 4.43. The molecule has 1 heterocycles. The molecular formula is C6H5N3. The summed E-state index contributed by atoms with van der Waals surface area (Å²) >= 11 is 0. The number of anilines is 1. The first-order valence-electron chi connectivity index (χ1n) is 2.48. The van der Waals surface area contributed by atoms with Gasteiger partial charge in [0.15, 0.2) is 6.19 Å². The van der Waals surface area contributed by atoms with Gasteiger partial charge in [-0.25, -0.2) is 0 Å². The van der Waals surface area contributed by atoms with Gasteiger partial charge in [-0.1, -0.05) is 0 Å². The van der Waals surface area contributed by atoms with Crippen LogP contribution in [0.2, 0.25) is 0 Å². The van der Waals surface area contributed by atoms with Gasteiger partial charge >= 0.3 is 0 Å². The van der Waals surface area contributed by atoms with Crippen LogP contribution < -0.4 is 5.32 Å². The van der Waals surface area contributed by atoms with Gasteiger partial charge < -0.3 is 0 Å². The summed E-state index contributed by atoms with van der Waals surface area (Å²) in [6, 6.07) is 3.54. The summed E-state index contributed by atoms with van der Waals surface area (Å²) in [7, 11) is 0. The zero-order chi connectivity index (χ0) is 6.53. The highest BCUT2D eigenvalue weighted by Gasteiger charge is 1.82. The summed E-state index contributed by atoms with van der Waals surface area (Å²) in [6.45, 7) is 0. The zero-order valence-electron chi connectivity index (χ0n) is 4.70. The van der Waals surface area contributed by atoms with Crippen LogP contribution in [0.1, 0.15) is 0 Å². The Kier molecular flexibility index (Phi) is 1.66. The smallest absolute Gasteiger partial charge is 0.181 e. The number of nitriles is 1. The molecule has 3 nitrogen and oxygen atoms in total. The quantitative estimate of drug-likeness (QED) is 0.442. The van der Waals surface area contributed by atoms with E-state index in [0.29, 0.717) is 0 Å². The van der Waals surface area contributed by atoms with E-state index in [1.165, 1.54) is 0 Å². The van der Waals surface area contributed by atoms with E-state index in [9.17, 15) is 0 Å². The highest BCUT2D eigenvalue weighted by atomic mass is 14.9. The Morgan fingerprint density at radius 1 is 1.67 bits per heavy atom. The van der Waals surface area contributed by atoms with Crippen molar-refractivity contribution in [1.29, 1.82) is 5.26 Å². The molecule has 0 radical (unpaired) electrons. The molecule has 1 N–H and O–H groups in total. The van der Waals surface area contributed by atoms with Gasteiger partial charge in [-0.05, 0) is 12.1 Å². The minimum atomic E-state index is 0.722. The molecule has 1 rings (SSSR count). The normalized spacial score (nSPS) is 7.89. The van der Waals surface area contributed by atoms with Crippen LogP contribution >= 0.6 is 0 Å². The average Bonchev–Trinajstić information content (AvgIpc) is 1.91. The fraction of sp³-hybridized carbons (Fsp3) is 0. The van der Waals surface area contributed by atoms with Crippen molar-refractivity contribution in [2.24, 2.45) is 0 Å². The lowest BCUT2D eigenvalue weighted by molar-refractivity contribution is 1.32. The van der Waals surface area contributed by atoms with E-state index in [2.05, 4.69) is 10.3 Å². The molecule has 0 saturated heterocycles. The number of hydrogen-bond donors (Lipinski definition) is 1. The van der Waals surface area contributed by atoms with Crippen LogP contribution in [0.25, 0.3) is 0 Å². The summed E-state index contributed by atoms with van der Waals surface area (Å²) in [4.78, 5) is 3.79. The van der Waals surface area contributed by atoms with Gasteiger partial charge in [0.25, 0.3) is 0 Å². The predicted octanol–water partition coefficient (Wildman–Crippen LogP) is 0.975. The van der Waals surface area contributed by atoms with Gasteiger partial charge in [-0.15, -0.1) is 0 Å². The standard InChI is InChI=1S/C6H5N3/c7-5-9-6-2-1-3-8-4-6/h1-4,9H. The highest BCUT2D eigenvalue weighted by Crippen LogP contribution is 1.99. The largest absolute Gasteiger partial charge is 0.291 e. The minimum absolute atomic E-state index is 0.722. The van der Waals surface area contributed by atoms with E-state index < -0.39 is 0 Å². The molecule has 0 amide bonds. The fourth-order valence-electron chi connectivity index (χ4n) is 0.501. The molecule has 3 heteroatoms. The second-order valence-corrected chi connectivity index (χ2v) is 1.48. The first-order valence-corrected chi connectivity index (χ1v) is 2.48. The Balaban J connectivity index is 2.76. The Morgan fingerprint density at radius 3 is 3.11 bits per heavy atom. The predicted molar refractivity (Wildman–Crippen MR) is 33.5 cm³/mol. The van der Waals surface area contributed by atoms with Gasteiger partial charge in [-0.3, -0.25) is 10.3 Å². The summed E-state index contributed by atoms with van der Waals surface area (Å²) < 4.78 is 0. The van der Waals surface area contributed by atoms with Crippen molar-refractivity contribution in [2.75, 3.05) is 5.32 Å². The molecule has 0 spiro atoms. The van der Waals surface area contributed by atoms with E-state index in [1.807, 2.05) is 0 Å². The van der Waals surface area contributed by atoms with Gasteiger partial charge in [0.2, 0.25) is 0 Å². The molecule has 1 aromatic rings. The molecule has 0 unspecified atom stereocenters. The summed E-state index contributed by atoms with van der Waals surface area (Å²) in [5.74, 6) is 0. The van der Waals surface area contributed by atoms with Gasteiger partial charge in [-0.2, -0.15) is 5.26 Å². The molecule has 0 aromatic carbocycles. The van der Waals surface area contributed by atoms with E-state index in [4.69, 9.17) is 5.26 Å². The van der Waals surface area contributed by atoms with Crippen molar-refractivity contribution in [2.45, 2.75) is 0 Å². The maximum Gasteiger partial charge on any atom is 0.181 e. The zero-order valence-corrected chi connectivity index (χ0v) is 4.70. The lowest BCUT2D eigenvalue weighted by atomic mass is 10.4. The summed E-state index contributed by atoms with van der Waals surface area (Å²) in [6.07, 6.45) is 5.04. The molecule has 44 valence electrons. The molecular weight excluding hydrogens is 114 g/mol. The van der Waals surface area contributed by atoms with Crippen LogP contribution in [-0.4, -0.2) is 4.98 Å². The Hall–Kier alpha value is -1.56. The SMILES string of the molecule is N#CNc1cccnc1. The monoisotopic (exact) mass is 119 g/mol. The van der Waals surface area contributed by atoms with Gasteiger partial charge in [0, 0.05) is 6.20 Å². The average molecular weight is 119 g/mol. The van der Waals surface area contributed by atoms with Crippen LogP contribution in [0, 0.1) is 11.5 Å². The molecule has 0 aliphatic heterocycles. The molecule has 1 aromatic heterocycles. The highest BCUT2D eigenvalue weighted by molar-refractivity contribution is 5.43. The van der Waals surface area contributed by atoms with Gasteiger partial charge in [0.05, 0.1) is 11.9 Å². The minimum Gasteiger partial charge on any atom is -0.291 e.